The zero-order chi connectivity index (χ0) is 23.7. The minimum absolute atomic E-state index is 0.169. The third-order valence-electron chi connectivity index (χ3n) is 5.14. The van der Waals surface area contributed by atoms with Crippen molar-refractivity contribution < 1.29 is 18.0 Å². The van der Waals surface area contributed by atoms with Gasteiger partial charge in [-0.25, -0.2) is 4.98 Å². The summed E-state index contributed by atoms with van der Waals surface area (Å²) in [5, 5.41) is 11.8. The third kappa shape index (κ3) is 4.44. The van der Waals surface area contributed by atoms with Gasteiger partial charge in [0, 0.05) is 10.9 Å². The normalized spacial score (nSPS) is 11.7. The van der Waals surface area contributed by atoms with E-state index in [1.165, 1.54) is 18.2 Å². The van der Waals surface area contributed by atoms with Crippen molar-refractivity contribution in [3.8, 4) is 11.1 Å². The predicted octanol–water partition coefficient (Wildman–Crippen LogP) is 5.92. The molecule has 2 N–H and O–H groups in total. The van der Waals surface area contributed by atoms with Crippen molar-refractivity contribution in [3.05, 3.63) is 78.4 Å². The topological polar surface area (TPSA) is 83.6 Å². The Morgan fingerprint density at radius 3 is 2.50 bits per heavy atom. The smallest absolute Gasteiger partial charge is 0.338 e. The van der Waals surface area contributed by atoms with Gasteiger partial charge in [0.05, 0.1) is 17.0 Å². The van der Waals surface area contributed by atoms with Crippen molar-refractivity contribution in [2.24, 2.45) is 0 Å². The molecule has 1 amide bonds. The van der Waals surface area contributed by atoms with Crippen molar-refractivity contribution in [1.82, 2.24) is 20.2 Å². The van der Waals surface area contributed by atoms with Crippen molar-refractivity contribution in [3.63, 3.8) is 0 Å². The molecular weight excluding hydrogens is 463 g/mol. The Kier molecular flexibility index (Phi) is 5.66. The highest BCUT2D eigenvalue weighted by Gasteiger charge is 2.33. The number of thioether (sulfide) groups is 1. The number of hydrogen-bond acceptors (Lipinski definition) is 5. The number of amides is 1. The van der Waals surface area contributed by atoms with E-state index in [2.05, 4.69) is 25.5 Å². The SMILES string of the molecule is O=C(CSc1nnc2c(n1)[nH]c1ccc(-c3ccccc3)cc12)Nc1ccccc1C(F)(F)F. The van der Waals surface area contributed by atoms with E-state index in [0.717, 1.165) is 39.9 Å². The highest BCUT2D eigenvalue weighted by Crippen LogP contribution is 2.34. The lowest BCUT2D eigenvalue weighted by Gasteiger charge is -2.13. The van der Waals surface area contributed by atoms with Crippen LogP contribution in [-0.4, -0.2) is 31.8 Å². The summed E-state index contributed by atoms with van der Waals surface area (Å²) in [5.74, 6) is -0.771. The fraction of sp³-hybridized carbons (Fsp3) is 0.0833. The second kappa shape index (κ2) is 8.79. The summed E-state index contributed by atoms with van der Waals surface area (Å²) in [4.78, 5) is 19.9. The van der Waals surface area contributed by atoms with Gasteiger partial charge in [-0.2, -0.15) is 13.2 Å². The fourth-order valence-electron chi connectivity index (χ4n) is 3.58. The maximum absolute atomic E-state index is 13.1. The van der Waals surface area contributed by atoms with E-state index >= 15 is 0 Å². The first-order valence-corrected chi connectivity index (χ1v) is 11.2. The molecule has 0 unspecified atom stereocenters. The van der Waals surface area contributed by atoms with Gasteiger partial charge in [-0.1, -0.05) is 60.3 Å². The molecule has 0 bridgehead atoms. The van der Waals surface area contributed by atoms with Crippen molar-refractivity contribution >= 4 is 45.4 Å². The number of alkyl halides is 3. The van der Waals surface area contributed by atoms with Crippen LogP contribution in [0.5, 0.6) is 0 Å². The highest BCUT2D eigenvalue weighted by atomic mass is 32.2. The number of para-hydroxylation sites is 1. The molecule has 0 atom stereocenters. The van der Waals surface area contributed by atoms with Crippen LogP contribution >= 0.6 is 11.8 Å². The van der Waals surface area contributed by atoms with Crippen LogP contribution in [0.15, 0.2) is 78.0 Å². The van der Waals surface area contributed by atoms with Crippen molar-refractivity contribution in [2.75, 3.05) is 11.1 Å². The molecule has 5 aromatic rings. The molecule has 0 saturated carbocycles. The average Bonchev–Trinajstić information content (AvgIpc) is 3.20. The number of carbonyl (C=O) groups is 1. The number of anilines is 1. The lowest BCUT2D eigenvalue weighted by Crippen LogP contribution is -2.18. The summed E-state index contributed by atoms with van der Waals surface area (Å²) in [6, 6.07) is 20.7. The highest BCUT2D eigenvalue weighted by molar-refractivity contribution is 7.99. The number of halogens is 3. The molecule has 10 heteroatoms. The molecule has 0 aliphatic rings. The molecule has 6 nitrogen and oxygen atoms in total. The quantitative estimate of drug-likeness (QED) is 0.306. The summed E-state index contributed by atoms with van der Waals surface area (Å²) < 4.78 is 39.4. The van der Waals surface area contributed by atoms with Gasteiger partial charge in [-0.3, -0.25) is 4.79 Å². The average molecular weight is 479 g/mol. The van der Waals surface area contributed by atoms with E-state index in [4.69, 9.17) is 0 Å². The van der Waals surface area contributed by atoms with Crippen LogP contribution in [-0.2, 0) is 11.0 Å². The Morgan fingerprint density at radius 1 is 0.941 bits per heavy atom. The predicted molar refractivity (Wildman–Crippen MR) is 125 cm³/mol. The zero-order valence-electron chi connectivity index (χ0n) is 17.4. The van der Waals surface area contributed by atoms with Gasteiger partial charge in [0.2, 0.25) is 11.1 Å². The summed E-state index contributed by atoms with van der Waals surface area (Å²) >= 11 is 0.988. The Balaban J connectivity index is 1.33. The molecule has 34 heavy (non-hydrogen) atoms. The van der Waals surface area contributed by atoms with Crippen molar-refractivity contribution in [2.45, 2.75) is 11.3 Å². The Labute approximate surface area is 195 Å². The molecule has 0 spiro atoms. The fourth-order valence-corrected chi connectivity index (χ4v) is 4.17. The van der Waals surface area contributed by atoms with Gasteiger partial charge >= 0.3 is 6.18 Å². The number of benzene rings is 3. The van der Waals surface area contributed by atoms with Crippen molar-refractivity contribution in [1.29, 1.82) is 0 Å². The van der Waals surface area contributed by atoms with E-state index in [1.54, 1.807) is 0 Å². The number of carbonyl (C=O) groups excluding carboxylic acids is 1. The van der Waals surface area contributed by atoms with Crippen LogP contribution in [0, 0.1) is 0 Å². The van der Waals surface area contributed by atoms with Gasteiger partial charge in [-0.05, 0) is 35.4 Å². The summed E-state index contributed by atoms with van der Waals surface area (Å²) in [5.41, 5.74) is 2.87. The first-order valence-electron chi connectivity index (χ1n) is 10.2. The van der Waals surface area contributed by atoms with Crippen LogP contribution in [0.1, 0.15) is 5.56 Å². The van der Waals surface area contributed by atoms with Gasteiger partial charge < -0.3 is 10.3 Å². The van der Waals surface area contributed by atoms with Gasteiger partial charge in [0.25, 0.3) is 0 Å². The Bertz CT molecular complexity index is 1500. The van der Waals surface area contributed by atoms with Crippen LogP contribution in [0.25, 0.3) is 33.2 Å². The third-order valence-corrected chi connectivity index (χ3v) is 5.98. The lowest BCUT2D eigenvalue weighted by molar-refractivity contribution is -0.137. The first kappa shape index (κ1) is 21.9. The standard InChI is InChI=1S/C24H16F3N5OS/c25-24(26,27)17-8-4-5-9-19(17)28-20(33)13-34-23-30-22-21(31-32-23)16-12-15(10-11-18(16)29-22)14-6-2-1-3-7-14/h1-12H,13H2,(H,28,33)(H,29,30,32). The number of nitrogens with zero attached hydrogens (tertiary/aromatic N) is 3. The summed E-state index contributed by atoms with van der Waals surface area (Å²) in [6.45, 7) is 0. The molecule has 5 rings (SSSR count). The minimum Gasteiger partial charge on any atom is -0.338 e. The van der Waals surface area contributed by atoms with Gasteiger partial charge in [0.1, 0.15) is 5.52 Å². The second-order valence-electron chi connectivity index (χ2n) is 7.42. The Hall–Kier alpha value is -3.92. The number of rotatable bonds is 5. The molecule has 0 aliphatic heterocycles. The molecule has 3 aromatic carbocycles. The molecule has 170 valence electrons. The molecule has 0 saturated heterocycles. The van der Waals surface area contributed by atoms with E-state index in [9.17, 15) is 18.0 Å². The Morgan fingerprint density at radius 2 is 1.71 bits per heavy atom. The van der Waals surface area contributed by atoms with Crippen LogP contribution in [0.2, 0.25) is 0 Å². The van der Waals surface area contributed by atoms with Crippen LogP contribution in [0.4, 0.5) is 18.9 Å². The molecule has 2 aromatic heterocycles. The molecule has 0 fully saturated rings. The monoisotopic (exact) mass is 479 g/mol. The maximum Gasteiger partial charge on any atom is 0.418 e. The number of aromatic nitrogens is 4. The largest absolute Gasteiger partial charge is 0.418 e. The second-order valence-corrected chi connectivity index (χ2v) is 8.37. The minimum atomic E-state index is -4.56. The van der Waals surface area contributed by atoms with E-state index in [-0.39, 0.29) is 16.6 Å². The van der Waals surface area contributed by atoms with E-state index in [1.807, 2.05) is 48.5 Å². The van der Waals surface area contributed by atoms with E-state index in [0.29, 0.717) is 11.2 Å². The lowest BCUT2D eigenvalue weighted by atomic mass is 10.0. The number of aromatic amines is 1. The van der Waals surface area contributed by atoms with E-state index < -0.39 is 17.6 Å². The van der Waals surface area contributed by atoms with Crippen LogP contribution < -0.4 is 5.32 Å². The number of nitrogens with one attached hydrogen (secondary N) is 2. The molecule has 0 aliphatic carbocycles. The van der Waals surface area contributed by atoms with Crippen LogP contribution in [0.3, 0.4) is 0 Å². The van der Waals surface area contributed by atoms with Gasteiger partial charge in [-0.15, -0.1) is 10.2 Å². The summed E-state index contributed by atoms with van der Waals surface area (Å²) in [6.07, 6.45) is -4.56. The molecular formula is C24H16F3N5OS. The zero-order valence-corrected chi connectivity index (χ0v) is 18.2. The van der Waals surface area contributed by atoms with Gasteiger partial charge in [0.15, 0.2) is 5.65 Å². The number of hydrogen-bond donors (Lipinski definition) is 2. The number of H-pyrrole nitrogens is 1. The maximum atomic E-state index is 13.1. The first-order chi connectivity index (χ1) is 16.4. The molecule has 0 radical (unpaired) electrons. The number of fused-ring (bicyclic) bond motifs is 3. The molecule has 2 heterocycles. The summed E-state index contributed by atoms with van der Waals surface area (Å²) in [7, 11) is 0.